The van der Waals surface area contributed by atoms with E-state index >= 15 is 0 Å². The second-order valence-electron chi connectivity index (χ2n) is 7.97. The standard InChI is InChI=1S/C22H26O9/c1-9(2)4-7-15(31-22-21(29)20(28)18(26)10(3)30-22)11-8-14(25)16-12(23)5-6-13(24)17(16)19(11)27/h4-6,8,10,15,18,20-24,26,28-29H,7H2,1-3H3/t10-,15?,18-,20+,21+,22+/m0/s1. The Balaban J connectivity index is 1.98. The Hall–Kier alpha value is -2.56. The van der Waals surface area contributed by atoms with Gasteiger partial charge in [0.25, 0.3) is 0 Å². The summed E-state index contributed by atoms with van der Waals surface area (Å²) in [6, 6.07) is 2.23. The summed E-state index contributed by atoms with van der Waals surface area (Å²) >= 11 is 0. The minimum absolute atomic E-state index is 0.0973. The van der Waals surface area contributed by atoms with Crippen LogP contribution in [0.15, 0.2) is 35.4 Å². The average Bonchev–Trinajstić information content (AvgIpc) is 2.71. The van der Waals surface area contributed by atoms with E-state index in [1.54, 1.807) is 6.08 Å². The molecule has 0 bridgehead atoms. The van der Waals surface area contributed by atoms with E-state index in [2.05, 4.69) is 0 Å². The van der Waals surface area contributed by atoms with Crippen LogP contribution in [0, 0.1) is 0 Å². The third-order valence-electron chi connectivity index (χ3n) is 5.38. The number of aliphatic hydroxyl groups is 3. The number of ketones is 2. The molecule has 1 aromatic carbocycles. The maximum absolute atomic E-state index is 13.1. The van der Waals surface area contributed by atoms with E-state index in [1.165, 1.54) is 6.92 Å². The van der Waals surface area contributed by atoms with Crippen LogP contribution in [0.3, 0.4) is 0 Å². The fourth-order valence-electron chi connectivity index (χ4n) is 3.61. The molecule has 31 heavy (non-hydrogen) atoms. The van der Waals surface area contributed by atoms with Crippen LogP contribution in [-0.4, -0.2) is 73.9 Å². The number of carbonyl (C=O) groups excluding carboxylic acids is 2. The molecule has 1 heterocycles. The summed E-state index contributed by atoms with van der Waals surface area (Å²) in [5, 5.41) is 50.4. The molecule has 168 valence electrons. The van der Waals surface area contributed by atoms with Gasteiger partial charge >= 0.3 is 0 Å². The lowest BCUT2D eigenvalue weighted by atomic mass is 9.85. The van der Waals surface area contributed by atoms with Gasteiger partial charge in [0.1, 0.15) is 29.8 Å². The van der Waals surface area contributed by atoms with E-state index in [0.29, 0.717) is 0 Å². The molecule has 0 saturated carbocycles. The average molecular weight is 434 g/mol. The molecule has 1 saturated heterocycles. The minimum Gasteiger partial charge on any atom is -0.507 e. The molecule has 1 aliphatic carbocycles. The van der Waals surface area contributed by atoms with E-state index < -0.39 is 59.9 Å². The number of aliphatic hydroxyl groups excluding tert-OH is 3. The highest BCUT2D eigenvalue weighted by atomic mass is 16.7. The SMILES string of the molecule is CC(C)=CCC(O[C@H]1O[C@@H](C)[C@H](O)[C@@H](O)[C@H]1O)C1=CC(=O)c2c(O)ccc(O)c2C1=O. The summed E-state index contributed by atoms with van der Waals surface area (Å²) in [6.45, 7) is 5.14. The molecule has 1 fully saturated rings. The van der Waals surface area contributed by atoms with Crippen molar-refractivity contribution in [1.82, 2.24) is 0 Å². The number of Topliss-reactive ketones (excluding diaryl/α,β-unsaturated/α-hetero) is 1. The van der Waals surface area contributed by atoms with Gasteiger partial charge in [-0.05, 0) is 45.4 Å². The number of ether oxygens (including phenoxy) is 2. The first-order valence-electron chi connectivity index (χ1n) is 9.87. The molecule has 6 atom stereocenters. The third kappa shape index (κ3) is 4.41. The number of hydrogen-bond acceptors (Lipinski definition) is 9. The predicted molar refractivity (Wildman–Crippen MR) is 108 cm³/mol. The zero-order valence-corrected chi connectivity index (χ0v) is 17.3. The topological polar surface area (TPSA) is 154 Å². The van der Waals surface area contributed by atoms with Crippen LogP contribution < -0.4 is 0 Å². The fraction of sp³-hybridized carbons (Fsp3) is 0.455. The van der Waals surface area contributed by atoms with Gasteiger partial charge in [0, 0.05) is 5.57 Å². The van der Waals surface area contributed by atoms with Crippen molar-refractivity contribution in [2.75, 3.05) is 0 Å². The van der Waals surface area contributed by atoms with E-state index in [1.807, 2.05) is 13.8 Å². The molecule has 0 spiro atoms. The largest absolute Gasteiger partial charge is 0.507 e. The Morgan fingerprint density at radius 2 is 1.68 bits per heavy atom. The highest BCUT2D eigenvalue weighted by Crippen LogP contribution is 2.37. The zero-order chi connectivity index (χ0) is 23.0. The molecule has 0 radical (unpaired) electrons. The summed E-state index contributed by atoms with van der Waals surface area (Å²) in [4.78, 5) is 25.8. The maximum atomic E-state index is 13.1. The number of hydrogen-bond donors (Lipinski definition) is 5. The van der Waals surface area contributed by atoms with E-state index in [4.69, 9.17) is 9.47 Å². The smallest absolute Gasteiger partial charge is 0.196 e. The van der Waals surface area contributed by atoms with Crippen molar-refractivity contribution in [2.24, 2.45) is 0 Å². The van der Waals surface area contributed by atoms with Gasteiger partial charge in [0.15, 0.2) is 17.9 Å². The number of phenols is 2. The molecule has 1 aromatic rings. The first kappa shape index (κ1) is 23.1. The van der Waals surface area contributed by atoms with Gasteiger partial charge in [-0.3, -0.25) is 9.59 Å². The fourth-order valence-corrected chi connectivity index (χ4v) is 3.61. The van der Waals surface area contributed by atoms with E-state index in [9.17, 15) is 35.1 Å². The predicted octanol–water partition coefficient (Wildman–Crippen LogP) is 0.972. The molecule has 5 N–H and O–H groups in total. The quantitative estimate of drug-likeness (QED) is 0.337. The summed E-state index contributed by atoms with van der Waals surface area (Å²) < 4.78 is 11.3. The van der Waals surface area contributed by atoms with Crippen LogP contribution in [-0.2, 0) is 9.47 Å². The van der Waals surface area contributed by atoms with Crippen LogP contribution in [0.25, 0.3) is 0 Å². The molecule has 1 aliphatic heterocycles. The number of benzene rings is 1. The molecular weight excluding hydrogens is 408 g/mol. The van der Waals surface area contributed by atoms with Gasteiger partial charge in [-0.2, -0.15) is 0 Å². The summed E-state index contributed by atoms with van der Waals surface area (Å²) in [6.07, 6.45) is -4.86. The lowest BCUT2D eigenvalue weighted by molar-refractivity contribution is -0.300. The van der Waals surface area contributed by atoms with Crippen molar-refractivity contribution in [2.45, 2.75) is 64.0 Å². The van der Waals surface area contributed by atoms with Crippen molar-refractivity contribution in [3.63, 3.8) is 0 Å². The molecule has 9 heteroatoms. The normalized spacial score (nSPS) is 29.2. The zero-order valence-electron chi connectivity index (χ0n) is 17.3. The summed E-state index contributed by atoms with van der Waals surface area (Å²) in [5.74, 6) is -2.29. The Labute approximate surface area is 178 Å². The Kier molecular flexibility index (Phi) is 6.63. The Bertz CT molecular complexity index is 945. The minimum atomic E-state index is -1.60. The van der Waals surface area contributed by atoms with Gasteiger partial charge in [0.05, 0.1) is 23.3 Å². The highest BCUT2D eigenvalue weighted by Gasteiger charge is 2.44. The first-order valence-corrected chi connectivity index (χ1v) is 9.87. The number of allylic oxidation sites excluding steroid dienone is 2. The van der Waals surface area contributed by atoms with Crippen molar-refractivity contribution in [1.29, 1.82) is 0 Å². The molecule has 0 amide bonds. The Morgan fingerprint density at radius 1 is 1.06 bits per heavy atom. The van der Waals surface area contributed by atoms with Crippen LogP contribution in [0.1, 0.15) is 47.9 Å². The molecule has 0 aromatic heterocycles. The molecule has 9 nitrogen and oxygen atoms in total. The number of rotatable bonds is 5. The van der Waals surface area contributed by atoms with Gasteiger partial charge in [-0.15, -0.1) is 0 Å². The summed E-state index contributed by atoms with van der Waals surface area (Å²) in [5.41, 5.74) is 0.177. The summed E-state index contributed by atoms with van der Waals surface area (Å²) in [7, 11) is 0. The number of phenolic OH excluding ortho intramolecular Hbond substituents is 2. The van der Waals surface area contributed by atoms with Gasteiger partial charge in [-0.25, -0.2) is 0 Å². The molecule has 3 rings (SSSR count). The molecular formula is C22H26O9. The van der Waals surface area contributed by atoms with Crippen molar-refractivity contribution >= 4 is 11.6 Å². The second-order valence-corrected chi connectivity index (χ2v) is 7.97. The van der Waals surface area contributed by atoms with Crippen molar-refractivity contribution in [3.8, 4) is 11.5 Å². The van der Waals surface area contributed by atoms with E-state index in [0.717, 1.165) is 23.8 Å². The van der Waals surface area contributed by atoms with Gasteiger partial charge in [-0.1, -0.05) is 11.6 Å². The van der Waals surface area contributed by atoms with Crippen LogP contribution in [0.5, 0.6) is 11.5 Å². The van der Waals surface area contributed by atoms with Crippen molar-refractivity contribution < 1.29 is 44.6 Å². The highest BCUT2D eigenvalue weighted by molar-refractivity contribution is 6.27. The number of aromatic hydroxyl groups is 2. The lowest BCUT2D eigenvalue weighted by Gasteiger charge is -2.40. The van der Waals surface area contributed by atoms with E-state index in [-0.39, 0.29) is 23.1 Å². The number of fused-ring (bicyclic) bond motifs is 1. The van der Waals surface area contributed by atoms with Gasteiger partial charge < -0.3 is 35.0 Å². The maximum Gasteiger partial charge on any atom is 0.196 e. The third-order valence-corrected chi connectivity index (χ3v) is 5.38. The first-order chi connectivity index (χ1) is 14.5. The lowest BCUT2D eigenvalue weighted by Crippen LogP contribution is -2.58. The molecule has 1 unspecified atom stereocenters. The van der Waals surface area contributed by atoms with Crippen LogP contribution >= 0.6 is 0 Å². The van der Waals surface area contributed by atoms with Gasteiger partial charge in [0.2, 0.25) is 0 Å². The number of carbonyl (C=O) groups is 2. The monoisotopic (exact) mass is 434 g/mol. The molecule has 2 aliphatic rings. The van der Waals surface area contributed by atoms with Crippen LogP contribution in [0.4, 0.5) is 0 Å². The van der Waals surface area contributed by atoms with Crippen molar-refractivity contribution in [3.05, 3.63) is 46.6 Å². The Morgan fingerprint density at radius 3 is 2.29 bits per heavy atom. The van der Waals surface area contributed by atoms with Crippen LogP contribution in [0.2, 0.25) is 0 Å². The second kappa shape index (κ2) is 8.89.